The molecule has 90 valence electrons. The SMILES string of the molecule is COC(=O)c1ccc2cc(CCCCl)[nH]c2c1. The van der Waals surface area contributed by atoms with Gasteiger partial charge in [0.05, 0.1) is 12.7 Å². The number of aromatic amines is 1. The number of ether oxygens (including phenoxy) is 1. The van der Waals surface area contributed by atoms with Crippen LogP contribution in [0, 0.1) is 0 Å². The molecule has 0 saturated carbocycles. The van der Waals surface area contributed by atoms with Crippen LogP contribution in [-0.2, 0) is 11.2 Å². The van der Waals surface area contributed by atoms with E-state index < -0.39 is 0 Å². The molecule has 1 aromatic heterocycles. The van der Waals surface area contributed by atoms with E-state index in [0.717, 1.165) is 29.4 Å². The standard InChI is InChI=1S/C13H14ClNO2/c1-17-13(16)10-5-4-9-7-11(3-2-6-14)15-12(9)8-10/h4-5,7-8,15H,2-3,6H2,1H3. The number of hydrogen-bond acceptors (Lipinski definition) is 2. The molecular weight excluding hydrogens is 238 g/mol. The topological polar surface area (TPSA) is 42.1 Å². The number of methoxy groups -OCH3 is 1. The Hall–Kier alpha value is -1.48. The van der Waals surface area contributed by atoms with E-state index in [2.05, 4.69) is 15.8 Å². The Labute approximate surface area is 105 Å². The van der Waals surface area contributed by atoms with E-state index in [4.69, 9.17) is 11.6 Å². The second-order valence-corrected chi connectivity index (χ2v) is 4.26. The van der Waals surface area contributed by atoms with Gasteiger partial charge in [0.2, 0.25) is 0 Å². The average Bonchev–Trinajstić information content (AvgIpc) is 2.76. The number of halogens is 1. The monoisotopic (exact) mass is 251 g/mol. The Morgan fingerprint density at radius 3 is 2.94 bits per heavy atom. The van der Waals surface area contributed by atoms with Gasteiger partial charge in [0.25, 0.3) is 0 Å². The van der Waals surface area contributed by atoms with Crippen molar-refractivity contribution in [3.05, 3.63) is 35.5 Å². The number of aryl methyl sites for hydroxylation is 1. The molecule has 0 fully saturated rings. The van der Waals surface area contributed by atoms with E-state index in [1.165, 1.54) is 7.11 Å². The van der Waals surface area contributed by atoms with Gasteiger partial charge in [-0.15, -0.1) is 11.6 Å². The summed E-state index contributed by atoms with van der Waals surface area (Å²) in [5.41, 5.74) is 2.66. The average molecular weight is 252 g/mol. The Morgan fingerprint density at radius 1 is 1.41 bits per heavy atom. The third-order valence-electron chi connectivity index (χ3n) is 2.68. The zero-order chi connectivity index (χ0) is 12.3. The van der Waals surface area contributed by atoms with Crippen molar-refractivity contribution < 1.29 is 9.53 Å². The van der Waals surface area contributed by atoms with Gasteiger partial charge in [0.15, 0.2) is 0 Å². The molecule has 0 spiro atoms. The van der Waals surface area contributed by atoms with Crippen molar-refractivity contribution in [3.63, 3.8) is 0 Å². The normalized spacial score (nSPS) is 10.7. The van der Waals surface area contributed by atoms with E-state index in [-0.39, 0.29) is 5.97 Å². The third-order valence-corrected chi connectivity index (χ3v) is 2.95. The summed E-state index contributed by atoms with van der Waals surface area (Å²) in [5.74, 6) is 0.340. The molecule has 0 unspecified atom stereocenters. The molecule has 2 rings (SSSR count). The summed E-state index contributed by atoms with van der Waals surface area (Å²) >= 11 is 5.66. The number of esters is 1. The van der Waals surface area contributed by atoms with Crippen molar-refractivity contribution in [2.75, 3.05) is 13.0 Å². The molecule has 1 heterocycles. The van der Waals surface area contributed by atoms with Crippen LogP contribution in [0.4, 0.5) is 0 Å². The number of alkyl halides is 1. The molecule has 4 heteroatoms. The highest BCUT2D eigenvalue weighted by atomic mass is 35.5. The molecular formula is C13H14ClNO2. The van der Waals surface area contributed by atoms with Gasteiger partial charge in [0.1, 0.15) is 0 Å². The molecule has 1 aromatic carbocycles. The summed E-state index contributed by atoms with van der Waals surface area (Å²) in [4.78, 5) is 14.7. The zero-order valence-corrected chi connectivity index (χ0v) is 10.4. The lowest BCUT2D eigenvalue weighted by Crippen LogP contribution is -2.00. The molecule has 0 aliphatic rings. The van der Waals surface area contributed by atoms with Crippen molar-refractivity contribution in [1.29, 1.82) is 0 Å². The van der Waals surface area contributed by atoms with Gasteiger partial charge in [0, 0.05) is 17.1 Å². The van der Waals surface area contributed by atoms with Crippen LogP contribution >= 0.6 is 11.6 Å². The molecule has 0 amide bonds. The van der Waals surface area contributed by atoms with Gasteiger partial charge in [-0.2, -0.15) is 0 Å². The van der Waals surface area contributed by atoms with Crippen LogP contribution < -0.4 is 0 Å². The van der Waals surface area contributed by atoms with E-state index in [1.807, 2.05) is 12.1 Å². The number of aromatic nitrogens is 1. The minimum atomic E-state index is -0.316. The van der Waals surface area contributed by atoms with Crippen molar-refractivity contribution in [2.24, 2.45) is 0 Å². The first kappa shape index (κ1) is 12.0. The van der Waals surface area contributed by atoms with Gasteiger partial charge in [-0.25, -0.2) is 4.79 Å². The summed E-state index contributed by atoms with van der Waals surface area (Å²) in [6.07, 6.45) is 1.87. The fourth-order valence-electron chi connectivity index (χ4n) is 1.82. The van der Waals surface area contributed by atoms with Crippen LogP contribution in [0.2, 0.25) is 0 Å². The van der Waals surface area contributed by atoms with Crippen LogP contribution in [0.3, 0.4) is 0 Å². The first-order valence-electron chi connectivity index (χ1n) is 5.50. The summed E-state index contributed by atoms with van der Waals surface area (Å²) in [5, 5.41) is 1.10. The highest BCUT2D eigenvalue weighted by Gasteiger charge is 2.07. The molecule has 0 saturated heterocycles. The van der Waals surface area contributed by atoms with E-state index in [1.54, 1.807) is 6.07 Å². The van der Waals surface area contributed by atoms with Crippen molar-refractivity contribution in [3.8, 4) is 0 Å². The molecule has 0 radical (unpaired) electrons. The lowest BCUT2D eigenvalue weighted by atomic mass is 10.1. The van der Waals surface area contributed by atoms with Crippen LogP contribution in [0.25, 0.3) is 10.9 Å². The van der Waals surface area contributed by atoms with Crippen molar-refractivity contribution >= 4 is 28.5 Å². The maximum Gasteiger partial charge on any atom is 0.337 e. The number of hydrogen-bond donors (Lipinski definition) is 1. The molecule has 0 bridgehead atoms. The fraction of sp³-hybridized carbons (Fsp3) is 0.308. The number of H-pyrrole nitrogens is 1. The highest BCUT2D eigenvalue weighted by Crippen LogP contribution is 2.18. The number of benzene rings is 1. The van der Waals surface area contributed by atoms with Crippen LogP contribution in [-0.4, -0.2) is 23.9 Å². The Kier molecular flexibility index (Phi) is 3.69. The summed E-state index contributed by atoms with van der Waals surface area (Å²) in [6.45, 7) is 0. The van der Waals surface area contributed by atoms with Crippen LogP contribution in [0.15, 0.2) is 24.3 Å². The van der Waals surface area contributed by atoms with Crippen LogP contribution in [0.5, 0.6) is 0 Å². The maximum atomic E-state index is 11.4. The van der Waals surface area contributed by atoms with E-state index in [9.17, 15) is 4.79 Å². The number of nitrogens with one attached hydrogen (secondary N) is 1. The quantitative estimate of drug-likeness (QED) is 0.670. The molecule has 0 aliphatic carbocycles. The minimum absolute atomic E-state index is 0.316. The number of carbonyl (C=O) groups is 1. The number of fused-ring (bicyclic) bond motifs is 1. The first-order chi connectivity index (χ1) is 8.24. The van der Waals surface area contributed by atoms with Gasteiger partial charge >= 0.3 is 5.97 Å². The number of carbonyl (C=O) groups excluding carboxylic acids is 1. The fourth-order valence-corrected chi connectivity index (χ4v) is 1.96. The van der Waals surface area contributed by atoms with E-state index >= 15 is 0 Å². The molecule has 1 N–H and O–H groups in total. The second-order valence-electron chi connectivity index (χ2n) is 3.88. The van der Waals surface area contributed by atoms with E-state index in [0.29, 0.717) is 11.4 Å². The number of rotatable bonds is 4. The van der Waals surface area contributed by atoms with Crippen molar-refractivity contribution in [2.45, 2.75) is 12.8 Å². The van der Waals surface area contributed by atoms with Crippen LogP contribution in [0.1, 0.15) is 22.5 Å². The van der Waals surface area contributed by atoms with Gasteiger partial charge in [-0.3, -0.25) is 0 Å². The zero-order valence-electron chi connectivity index (χ0n) is 9.63. The molecule has 3 nitrogen and oxygen atoms in total. The molecule has 0 atom stereocenters. The Morgan fingerprint density at radius 2 is 2.24 bits per heavy atom. The lowest BCUT2D eigenvalue weighted by Gasteiger charge is -1.98. The first-order valence-corrected chi connectivity index (χ1v) is 6.04. The summed E-state index contributed by atoms with van der Waals surface area (Å²) < 4.78 is 4.69. The van der Waals surface area contributed by atoms with Gasteiger partial charge < -0.3 is 9.72 Å². The maximum absolute atomic E-state index is 11.4. The molecule has 2 aromatic rings. The highest BCUT2D eigenvalue weighted by molar-refractivity contribution is 6.17. The lowest BCUT2D eigenvalue weighted by molar-refractivity contribution is 0.0601. The predicted molar refractivity (Wildman–Crippen MR) is 68.7 cm³/mol. The Balaban J connectivity index is 2.31. The largest absolute Gasteiger partial charge is 0.465 e. The summed E-state index contributed by atoms with van der Waals surface area (Å²) in [6, 6.07) is 7.59. The molecule has 0 aliphatic heterocycles. The smallest absolute Gasteiger partial charge is 0.337 e. The second kappa shape index (κ2) is 5.23. The minimum Gasteiger partial charge on any atom is -0.465 e. The molecule has 17 heavy (non-hydrogen) atoms. The van der Waals surface area contributed by atoms with Gasteiger partial charge in [-0.1, -0.05) is 6.07 Å². The summed E-state index contributed by atoms with van der Waals surface area (Å²) in [7, 11) is 1.38. The third kappa shape index (κ3) is 2.61. The Bertz CT molecular complexity index is 533. The predicted octanol–water partition coefficient (Wildman–Crippen LogP) is 3.13. The van der Waals surface area contributed by atoms with Gasteiger partial charge in [-0.05, 0) is 36.4 Å². The van der Waals surface area contributed by atoms with Crippen molar-refractivity contribution in [1.82, 2.24) is 4.98 Å².